The molecular formula is C14H12BNO3. The fourth-order valence-corrected chi connectivity index (χ4v) is 1.63. The van der Waals surface area contributed by atoms with E-state index < -0.39 is 7.12 Å². The molecule has 0 fully saturated rings. The maximum Gasteiger partial charge on any atom is 0.488 e. The van der Waals surface area contributed by atoms with E-state index in [-0.39, 0.29) is 0 Å². The first-order valence-electron chi connectivity index (χ1n) is 5.77. The van der Waals surface area contributed by atoms with E-state index in [1.54, 1.807) is 36.4 Å². The first-order chi connectivity index (χ1) is 9.19. The Kier molecular flexibility index (Phi) is 4.19. The molecule has 4 nitrogen and oxygen atoms in total. The first-order valence-corrected chi connectivity index (χ1v) is 5.77. The Hall–Kier alpha value is -2.29. The van der Waals surface area contributed by atoms with Gasteiger partial charge in [0.1, 0.15) is 12.4 Å². The number of nitriles is 1. The molecular weight excluding hydrogens is 241 g/mol. The molecule has 0 aliphatic rings. The lowest BCUT2D eigenvalue weighted by molar-refractivity contribution is 0.306. The van der Waals surface area contributed by atoms with Crippen LogP contribution in [-0.2, 0) is 6.61 Å². The molecule has 0 heterocycles. The number of hydrogen-bond acceptors (Lipinski definition) is 4. The third-order valence-electron chi connectivity index (χ3n) is 2.64. The molecule has 2 aromatic rings. The summed E-state index contributed by atoms with van der Waals surface area (Å²) in [5.74, 6) is 0.631. The number of benzene rings is 2. The van der Waals surface area contributed by atoms with Crippen molar-refractivity contribution in [3.63, 3.8) is 0 Å². The molecule has 0 amide bonds. The Morgan fingerprint density at radius 2 is 1.84 bits per heavy atom. The van der Waals surface area contributed by atoms with Gasteiger partial charge in [-0.2, -0.15) is 5.26 Å². The van der Waals surface area contributed by atoms with Crippen molar-refractivity contribution in [2.24, 2.45) is 0 Å². The normalized spacial score (nSPS) is 9.74. The minimum Gasteiger partial charge on any atom is -0.489 e. The van der Waals surface area contributed by atoms with Gasteiger partial charge in [0.2, 0.25) is 0 Å². The number of hydrogen-bond donors (Lipinski definition) is 2. The van der Waals surface area contributed by atoms with Gasteiger partial charge in [0.15, 0.2) is 0 Å². The highest BCUT2D eigenvalue weighted by atomic mass is 16.5. The fraction of sp³-hybridized carbons (Fsp3) is 0.0714. The van der Waals surface area contributed by atoms with E-state index in [1.165, 1.54) is 0 Å². The van der Waals surface area contributed by atoms with Crippen LogP contribution in [0.15, 0.2) is 48.5 Å². The quantitative estimate of drug-likeness (QED) is 0.791. The Labute approximate surface area is 111 Å². The van der Waals surface area contributed by atoms with Gasteiger partial charge < -0.3 is 14.8 Å². The second-order valence-corrected chi connectivity index (χ2v) is 4.04. The van der Waals surface area contributed by atoms with Crippen LogP contribution in [0.1, 0.15) is 11.1 Å². The summed E-state index contributed by atoms with van der Waals surface area (Å²) >= 11 is 0. The van der Waals surface area contributed by atoms with Crippen molar-refractivity contribution in [2.75, 3.05) is 0 Å². The summed E-state index contributed by atoms with van der Waals surface area (Å²) < 4.78 is 5.55. The van der Waals surface area contributed by atoms with Crippen LogP contribution >= 0.6 is 0 Å². The van der Waals surface area contributed by atoms with Crippen LogP contribution in [0.2, 0.25) is 0 Å². The lowest BCUT2D eigenvalue weighted by Crippen LogP contribution is -2.29. The molecule has 0 unspecified atom stereocenters. The van der Waals surface area contributed by atoms with E-state index in [1.807, 2.05) is 12.1 Å². The second-order valence-electron chi connectivity index (χ2n) is 4.04. The third kappa shape index (κ3) is 3.58. The van der Waals surface area contributed by atoms with Gasteiger partial charge in [-0.3, -0.25) is 0 Å². The standard InChI is InChI=1S/C14H12BNO3/c16-9-11-2-1-3-12(8-11)10-19-14-6-4-13(5-7-14)15(17)18/h1-8,17-18H,10H2. The molecule has 0 saturated carbocycles. The predicted octanol–water partition coefficient (Wildman–Crippen LogP) is 0.817. The van der Waals surface area contributed by atoms with E-state index in [0.29, 0.717) is 23.4 Å². The minimum absolute atomic E-state index is 0.358. The van der Waals surface area contributed by atoms with Crippen molar-refractivity contribution in [2.45, 2.75) is 6.61 Å². The molecule has 0 saturated heterocycles. The zero-order chi connectivity index (χ0) is 13.7. The average Bonchev–Trinajstić information content (AvgIpc) is 2.46. The summed E-state index contributed by atoms with van der Waals surface area (Å²) in [5, 5.41) is 26.7. The van der Waals surface area contributed by atoms with Gasteiger partial charge in [-0.25, -0.2) is 0 Å². The van der Waals surface area contributed by atoms with Crippen molar-refractivity contribution in [3.8, 4) is 11.8 Å². The molecule has 0 bridgehead atoms. The summed E-state index contributed by atoms with van der Waals surface area (Å²) in [5.41, 5.74) is 1.92. The molecule has 5 heteroatoms. The molecule has 2 rings (SSSR count). The Morgan fingerprint density at radius 1 is 1.11 bits per heavy atom. The summed E-state index contributed by atoms with van der Waals surface area (Å²) in [4.78, 5) is 0. The van der Waals surface area contributed by atoms with Crippen LogP contribution in [0.3, 0.4) is 0 Å². The van der Waals surface area contributed by atoms with Crippen molar-refractivity contribution in [1.82, 2.24) is 0 Å². The topological polar surface area (TPSA) is 73.5 Å². The monoisotopic (exact) mass is 253 g/mol. The average molecular weight is 253 g/mol. The Morgan fingerprint density at radius 3 is 2.47 bits per heavy atom. The lowest BCUT2D eigenvalue weighted by atomic mass is 9.80. The highest BCUT2D eigenvalue weighted by Crippen LogP contribution is 2.12. The molecule has 19 heavy (non-hydrogen) atoms. The van der Waals surface area contributed by atoms with E-state index >= 15 is 0 Å². The zero-order valence-electron chi connectivity index (χ0n) is 10.2. The van der Waals surface area contributed by atoms with Crippen LogP contribution in [-0.4, -0.2) is 17.2 Å². The fourth-order valence-electron chi connectivity index (χ4n) is 1.63. The maximum absolute atomic E-state index is 8.96. The molecule has 2 N–H and O–H groups in total. The number of nitrogens with zero attached hydrogens (tertiary/aromatic N) is 1. The predicted molar refractivity (Wildman–Crippen MR) is 71.8 cm³/mol. The molecule has 0 spiro atoms. The molecule has 0 aliphatic heterocycles. The maximum atomic E-state index is 8.96. The number of ether oxygens (including phenoxy) is 1. The Balaban J connectivity index is 2.00. The van der Waals surface area contributed by atoms with E-state index in [0.717, 1.165) is 5.56 Å². The summed E-state index contributed by atoms with van der Waals surface area (Å²) in [6.45, 7) is 0.358. The van der Waals surface area contributed by atoms with Crippen molar-refractivity contribution in [3.05, 3.63) is 59.7 Å². The van der Waals surface area contributed by atoms with Gasteiger partial charge in [0, 0.05) is 0 Å². The summed E-state index contributed by atoms with van der Waals surface area (Å²) in [7, 11) is -1.47. The van der Waals surface area contributed by atoms with Crippen molar-refractivity contribution >= 4 is 12.6 Å². The van der Waals surface area contributed by atoms with Gasteiger partial charge in [-0.1, -0.05) is 24.3 Å². The molecule has 0 atom stereocenters. The van der Waals surface area contributed by atoms with Crippen LogP contribution in [0, 0.1) is 11.3 Å². The number of rotatable bonds is 4. The highest BCUT2D eigenvalue weighted by Gasteiger charge is 2.09. The van der Waals surface area contributed by atoms with Gasteiger partial charge in [0.05, 0.1) is 11.6 Å². The highest BCUT2D eigenvalue weighted by molar-refractivity contribution is 6.58. The van der Waals surface area contributed by atoms with Crippen molar-refractivity contribution in [1.29, 1.82) is 5.26 Å². The van der Waals surface area contributed by atoms with Crippen LogP contribution < -0.4 is 10.2 Å². The van der Waals surface area contributed by atoms with E-state index in [4.69, 9.17) is 20.0 Å². The second kappa shape index (κ2) is 6.05. The smallest absolute Gasteiger partial charge is 0.488 e. The summed E-state index contributed by atoms with van der Waals surface area (Å²) in [6.07, 6.45) is 0. The van der Waals surface area contributed by atoms with Crippen molar-refractivity contribution < 1.29 is 14.8 Å². The van der Waals surface area contributed by atoms with E-state index in [9.17, 15) is 0 Å². The van der Waals surface area contributed by atoms with E-state index in [2.05, 4.69) is 6.07 Å². The minimum atomic E-state index is -1.47. The first kappa shape index (κ1) is 13.2. The summed E-state index contributed by atoms with van der Waals surface area (Å²) in [6, 6.07) is 15.8. The van der Waals surface area contributed by atoms with Gasteiger partial charge in [0.25, 0.3) is 0 Å². The molecule has 0 aliphatic carbocycles. The molecule has 0 radical (unpaired) electrons. The SMILES string of the molecule is N#Cc1cccc(COc2ccc(B(O)O)cc2)c1. The van der Waals surface area contributed by atoms with Crippen LogP contribution in [0.5, 0.6) is 5.75 Å². The van der Waals surface area contributed by atoms with Crippen LogP contribution in [0.25, 0.3) is 0 Å². The molecule has 0 aromatic heterocycles. The van der Waals surface area contributed by atoms with Gasteiger partial charge >= 0.3 is 7.12 Å². The third-order valence-corrected chi connectivity index (χ3v) is 2.64. The van der Waals surface area contributed by atoms with Gasteiger partial charge in [-0.15, -0.1) is 0 Å². The molecule has 2 aromatic carbocycles. The van der Waals surface area contributed by atoms with Crippen LogP contribution in [0.4, 0.5) is 0 Å². The van der Waals surface area contributed by atoms with Gasteiger partial charge in [-0.05, 0) is 35.3 Å². The largest absolute Gasteiger partial charge is 0.489 e. The lowest BCUT2D eigenvalue weighted by Gasteiger charge is -2.07. The Bertz CT molecular complexity index is 590. The zero-order valence-corrected chi connectivity index (χ0v) is 10.2. The molecule has 94 valence electrons.